The third-order valence-corrected chi connectivity index (χ3v) is 3.57. The first-order valence-corrected chi connectivity index (χ1v) is 5.26. The maximum absolute atomic E-state index is 12.4. The molecule has 0 bridgehead atoms. The minimum Gasteiger partial charge on any atom is -0.330 e. The van der Waals surface area contributed by atoms with Crippen LogP contribution < -0.4 is 5.73 Å². The van der Waals surface area contributed by atoms with Crippen LogP contribution in [0.4, 0.5) is 13.2 Å². The number of alkyl halides is 3. The maximum atomic E-state index is 12.4. The first kappa shape index (κ1) is 11.5. The van der Waals surface area contributed by atoms with Crippen molar-refractivity contribution in [3.05, 3.63) is 35.4 Å². The van der Waals surface area contributed by atoms with Gasteiger partial charge in [0.2, 0.25) is 0 Å². The van der Waals surface area contributed by atoms with Gasteiger partial charge in [0.1, 0.15) is 0 Å². The van der Waals surface area contributed by atoms with Crippen LogP contribution >= 0.6 is 0 Å². The number of rotatable bonds is 2. The molecule has 88 valence electrons. The van der Waals surface area contributed by atoms with Crippen molar-refractivity contribution < 1.29 is 13.2 Å². The van der Waals surface area contributed by atoms with E-state index in [-0.39, 0.29) is 5.41 Å². The molecule has 2 N–H and O–H groups in total. The van der Waals surface area contributed by atoms with Crippen LogP contribution in [0, 0.1) is 5.92 Å². The lowest BCUT2D eigenvalue weighted by Gasteiger charge is -2.13. The second kappa shape index (κ2) is 3.48. The summed E-state index contributed by atoms with van der Waals surface area (Å²) < 4.78 is 37.1. The topological polar surface area (TPSA) is 26.0 Å². The molecule has 2 atom stereocenters. The van der Waals surface area contributed by atoms with E-state index in [1.165, 1.54) is 0 Å². The van der Waals surface area contributed by atoms with Gasteiger partial charge >= 0.3 is 6.18 Å². The highest BCUT2D eigenvalue weighted by Gasteiger charge is 2.50. The maximum Gasteiger partial charge on any atom is 0.416 e. The number of benzene rings is 1. The molecule has 1 aliphatic carbocycles. The summed E-state index contributed by atoms with van der Waals surface area (Å²) in [4.78, 5) is 0. The van der Waals surface area contributed by atoms with E-state index in [4.69, 9.17) is 5.73 Å². The predicted molar refractivity (Wildman–Crippen MR) is 56.0 cm³/mol. The van der Waals surface area contributed by atoms with Gasteiger partial charge in [-0.3, -0.25) is 0 Å². The summed E-state index contributed by atoms with van der Waals surface area (Å²) in [6, 6.07) is 5.43. The van der Waals surface area contributed by atoms with E-state index in [0.29, 0.717) is 12.5 Å². The van der Waals surface area contributed by atoms with E-state index < -0.39 is 11.7 Å². The molecular formula is C12H14F3N. The molecule has 1 fully saturated rings. The Balaban J connectivity index is 2.21. The Morgan fingerprint density at radius 2 is 1.88 bits per heavy atom. The van der Waals surface area contributed by atoms with Gasteiger partial charge in [-0.15, -0.1) is 0 Å². The lowest BCUT2D eigenvalue weighted by Crippen LogP contribution is -2.12. The van der Waals surface area contributed by atoms with Gasteiger partial charge in [0, 0.05) is 0 Å². The first-order valence-electron chi connectivity index (χ1n) is 5.26. The van der Waals surface area contributed by atoms with Gasteiger partial charge in [-0.05, 0) is 42.0 Å². The zero-order chi connectivity index (χ0) is 12.0. The van der Waals surface area contributed by atoms with Gasteiger partial charge in [-0.25, -0.2) is 0 Å². The summed E-state index contributed by atoms with van der Waals surface area (Å²) in [6.45, 7) is 2.64. The molecule has 0 saturated heterocycles. The quantitative estimate of drug-likeness (QED) is 0.829. The third kappa shape index (κ3) is 1.82. The first-order chi connectivity index (χ1) is 7.38. The number of hydrogen-bond donors (Lipinski definition) is 1. The lowest BCUT2D eigenvalue weighted by atomic mass is 9.94. The molecule has 2 unspecified atom stereocenters. The van der Waals surface area contributed by atoms with Crippen molar-refractivity contribution in [3.63, 3.8) is 0 Å². The molecule has 1 saturated carbocycles. The summed E-state index contributed by atoms with van der Waals surface area (Å²) in [7, 11) is 0. The molecule has 1 aromatic carbocycles. The zero-order valence-electron chi connectivity index (χ0n) is 9.01. The fraction of sp³-hybridized carbons (Fsp3) is 0.500. The normalized spacial score (nSPS) is 29.2. The lowest BCUT2D eigenvalue weighted by molar-refractivity contribution is -0.137. The van der Waals surface area contributed by atoms with Crippen LogP contribution in [0.15, 0.2) is 24.3 Å². The monoisotopic (exact) mass is 229 g/mol. The van der Waals surface area contributed by atoms with Gasteiger partial charge in [-0.1, -0.05) is 19.1 Å². The molecule has 2 rings (SSSR count). The third-order valence-electron chi connectivity index (χ3n) is 3.57. The van der Waals surface area contributed by atoms with Crippen LogP contribution in [-0.4, -0.2) is 6.54 Å². The fourth-order valence-corrected chi connectivity index (χ4v) is 2.19. The molecule has 0 spiro atoms. The van der Waals surface area contributed by atoms with Crippen molar-refractivity contribution in [2.75, 3.05) is 6.54 Å². The van der Waals surface area contributed by atoms with Gasteiger partial charge in [0.15, 0.2) is 0 Å². The van der Waals surface area contributed by atoms with Gasteiger partial charge < -0.3 is 5.73 Å². The van der Waals surface area contributed by atoms with Crippen LogP contribution in [0.5, 0.6) is 0 Å². The smallest absolute Gasteiger partial charge is 0.330 e. The van der Waals surface area contributed by atoms with Gasteiger partial charge in [0.25, 0.3) is 0 Å². The minimum atomic E-state index is -4.25. The summed E-state index contributed by atoms with van der Waals surface area (Å²) in [5, 5.41) is 0. The Morgan fingerprint density at radius 3 is 2.25 bits per heavy atom. The highest BCUT2D eigenvalue weighted by molar-refractivity contribution is 5.35. The van der Waals surface area contributed by atoms with Crippen LogP contribution in [0.2, 0.25) is 0 Å². The fourth-order valence-electron chi connectivity index (χ4n) is 2.19. The summed E-state index contributed by atoms with van der Waals surface area (Å²) in [5.41, 5.74) is 5.91. The van der Waals surface area contributed by atoms with Crippen LogP contribution in [-0.2, 0) is 11.6 Å². The van der Waals surface area contributed by atoms with Gasteiger partial charge in [-0.2, -0.15) is 13.2 Å². The molecule has 0 aliphatic heterocycles. The van der Waals surface area contributed by atoms with E-state index in [1.54, 1.807) is 12.1 Å². The SMILES string of the molecule is CC1(c2ccc(C(F)(F)F)cc2)CC1CN. The Hall–Kier alpha value is -1.03. The molecule has 0 heterocycles. The Bertz CT molecular complexity index is 382. The summed E-state index contributed by atoms with van der Waals surface area (Å²) in [6.07, 6.45) is -3.29. The van der Waals surface area contributed by atoms with Crippen LogP contribution in [0.25, 0.3) is 0 Å². The Labute approximate surface area is 92.5 Å². The van der Waals surface area contributed by atoms with Crippen molar-refractivity contribution >= 4 is 0 Å². The Kier molecular flexibility index (Phi) is 2.49. The van der Waals surface area contributed by atoms with E-state index in [9.17, 15) is 13.2 Å². The zero-order valence-corrected chi connectivity index (χ0v) is 9.01. The average Bonchev–Trinajstić information content (AvgIpc) is 2.90. The molecule has 16 heavy (non-hydrogen) atoms. The van der Waals surface area contributed by atoms with Crippen molar-refractivity contribution in [1.29, 1.82) is 0 Å². The standard InChI is InChI=1S/C12H14F3N/c1-11(6-10(11)7-16)8-2-4-9(5-3-8)12(13,14)15/h2-5,10H,6-7,16H2,1H3. The molecule has 1 aliphatic rings. The van der Waals surface area contributed by atoms with E-state index >= 15 is 0 Å². The van der Waals surface area contributed by atoms with Crippen molar-refractivity contribution in [3.8, 4) is 0 Å². The van der Waals surface area contributed by atoms with Crippen LogP contribution in [0.3, 0.4) is 0 Å². The molecule has 1 nitrogen and oxygen atoms in total. The second-order valence-corrected chi connectivity index (χ2v) is 4.63. The summed E-state index contributed by atoms with van der Waals surface area (Å²) >= 11 is 0. The van der Waals surface area contributed by atoms with Crippen molar-refractivity contribution in [2.45, 2.75) is 24.9 Å². The molecule has 4 heteroatoms. The predicted octanol–water partition coefficient (Wildman–Crippen LogP) is 2.94. The largest absolute Gasteiger partial charge is 0.416 e. The van der Waals surface area contributed by atoms with E-state index in [0.717, 1.165) is 24.1 Å². The van der Waals surface area contributed by atoms with Gasteiger partial charge in [0.05, 0.1) is 5.56 Å². The highest BCUT2D eigenvalue weighted by atomic mass is 19.4. The van der Waals surface area contributed by atoms with E-state index in [2.05, 4.69) is 0 Å². The average molecular weight is 229 g/mol. The molecule has 0 radical (unpaired) electrons. The second-order valence-electron chi connectivity index (χ2n) is 4.63. The Morgan fingerprint density at radius 1 is 1.31 bits per heavy atom. The number of nitrogens with two attached hydrogens (primary N) is 1. The molecule has 0 amide bonds. The van der Waals surface area contributed by atoms with Crippen molar-refractivity contribution in [2.24, 2.45) is 11.7 Å². The molecule has 1 aromatic rings. The number of hydrogen-bond acceptors (Lipinski definition) is 1. The number of halogens is 3. The molecule has 0 aromatic heterocycles. The highest BCUT2D eigenvalue weighted by Crippen LogP contribution is 2.53. The molecular weight excluding hydrogens is 215 g/mol. The van der Waals surface area contributed by atoms with Crippen molar-refractivity contribution in [1.82, 2.24) is 0 Å². The summed E-state index contributed by atoms with van der Waals surface area (Å²) in [5.74, 6) is 0.407. The van der Waals surface area contributed by atoms with Crippen LogP contribution in [0.1, 0.15) is 24.5 Å². The van der Waals surface area contributed by atoms with E-state index in [1.807, 2.05) is 6.92 Å². The minimum absolute atomic E-state index is 0.0150.